The Morgan fingerprint density at radius 1 is 0.600 bits per heavy atom. The van der Waals surface area contributed by atoms with Crippen LogP contribution in [0.2, 0.25) is 0 Å². The fraction of sp³-hybridized carbons (Fsp3) is 0.947. The van der Waals surface area contributed by atoms with E-state index in [0.717, 1.165) is 25.7 Å². The van der Waals surface area contributed by atoms with E-state index in [2.05, 4.69) is 13.8 Å². The molecule has 0 aliphatic carbocycles. The van der Waals surface area contributed by atoms with E-state index in [1.807, 2.05) is 0 Å². The van der Waals surface area contributed by atoms with E-state index in [4.69, 9.17) is 38.6 Å². The molecule has 266 valence electrons. The Labute approximate surface area is 289 Å². The van der Waals surface area contributed by atoms with Crippen molar-refractivity contribution in [1.82, 2.24) is 0 Å². The van der Waals surface area contributed by atoms with Crippen LogP contribution in [0.25, 0.3) is 0 Å². The summed E-state index contributed by atoms with van der Waals surface area (Å²) >= 11 is 11.0. The molecule has 0 aromatic carbocycles. The number of rotatable bonds is 32. The first-order valence-corrected chi connectivity index (χ1v) is 20.1. The van der Waals surface area contributed by atoms with Gasteiger partial charge in [0.1, 0.15) is 12.2 Å². The van der Waals surface area contributed by atoms with Crippen LogP contribution in [0.15, 0.2) is 0 Å². The summed E-state index contributed by atoms with van der Waals surface area (Å²) in [5, 5.41) is 21.6. The smallest absolute Gasteiger partial charge is 0.160 e. The zero-order valence-electron chi connectivity index (χ0n) is 29.5. The molecule has 45 heavy (non-hydrogen) atoms. The molecule has 1 aliphatic rings. The van der Waals surface area contributed by atoms with Gasteiger partial charge in [0.2, 0.25) is 0 Å². The predicted molar refractivity (Wildman–Crippen MR) is 198 cm³/mol. The molecule has 1 saturated heterocycles. The van der Waals surface area contributed by atoms with Crippen LogP contribution >= 0.6 is 24.4 Å². The number of hydrogen-bond donors (Lipinski definition) is 2. The number of unbranched alkanes of at least 4 members (excludes halogenated alkanes) is 24. The number of aliphatic hydroxyl groups excluding tert-OH is 2. The molecule has 1 fully saturated rings. The van der Waals surface area contributed by atoms with Crippen molar-refractivity contribution in [1.29, 1.82) is 0 Å². The van der Waals surface area contributed by atoms with Crippen molar-refractivity contribution in [3.05, 3.63) is 0 Å². The SMILES string of the molecule is CCCCCCCCCCCCCCCC(=S)O[C@H]1[C@@H]([C@@H](CO)OC(=S)CCCCCCCCCCCCCCC)OC[C@@H]1O. The maximum Gasteiger partial charge on any atom is 0.160 e. The molecule has 0 saturated carbocycles. The van der Waals surface area contributed by atoms with Gasteiger partial charge in [0, 0.05) is 12.8 Å². The molecule has 7 heteroatoms. The van der Waals surface area contributed by atoms with Gasteiger partial charge in [0.05, 0.1) is 13.2 Å². The average molecular weight is 673 g/mol. The van der Waals surface area contributed by atoms with Crippen molar-refractivity contribution >= 4 is 34.5 Å². The maximum absolute atomic E-state index is 10.5. The molecule has 4 atom stereocenters. The maximum atomic E-state index is 10.5. The largest absolute Gasteiger partial charge is 0.479 e. The van der Waals surface area contributed by atoms with E-state index in [-0.39, 0.29) is 13.2 Å². The van der Waals surface area contributed by atoms with Crippen LogP contribution in [0.3, 0.4) is 0 Å². The highest BCUT2D eigenvalue weighted by atomic mass is 32.1. The normalized spacial score (nSPS) is 18.7. The first-order valence-electron chi connectivity index (χ1n) is 19.3. The minimum atomic E-state index is -0.799. The molecule has 5 nitrogen and oxygen atoms in total. The summed E-state index contributed by atoms with van der Waals surface area (Å²) < 4.78 is 17.8. The van der Waals surface area contributed by atoms with Gasteiger partial charge in [-0.3, -0.25) is 0 Å². The Balaban J connectivity index is 2.13. The molecule has 1 heterocycles. The standard InChI is InChI=1S/C38H72O5S2/c1-3-5-7-9-11-13-15-17-19-21-23-25-27-29-35(44)42-34(31-39)38-37(33(40)32-41-38)43-36(45)30-28-26-24-22-20-18-16-14-12-10-8-6-4-2/h33-34,37-40H,3-32H2,1-2H3/t33-,34+,37+,38+/m0/s1. The van der Waals surface area contributed by atoms with Crippen LogP contribution in [-0.4, -0.2) is 57.9 Å². The van der Waals surface area contributed by atoms with Gasteiger partial charge in [-0.2, -0.15) is 0 Å². The van der Waals surface area contributed by atoms with E-state index < -0.39 is 24.4 Å². The minimum absolute atomic E-state index is 0.141. The van der Waals surface area contributed by atoms with Crippen molar-refractivity contribution in [3.8, 4) is 0 Å². The van der Waals surface area contributed by atoms with Crippen molar-refractivity contribution < 1.29 is 24.4 Å². The first-order chi connectivity index (χ1) is 22.0. The quantitative estimate of drug-likeness (QED) is 0.0544. The number of ether oxygens (including phenoxy) is 3. The molecular formula is C38H72O5S2. The molecule has 0 bridgehead atoms. The molecule has 0 unspecified atom stereocenters. The van der Waals surface area contributed by atoms with Crippen LogP contribution in [0.5, 0.6) is 0 Å². The topological polar surface area (TPSA) is 68.2 Å². The summed E-state index contributed by atoms with van der Waals surface area (Å²) in [5.41, 5.74) is 0. The fourth-order valence-corrected chi connectivity index (χ4v) is 6.83. The van der Waals surface area contributed by atoms with Gasteiger partial charge < -0.3 is 24.4 Å². The highest BCUT2D eigenvalue weighted by Crippen LogP contribution is 2.25. The summed E-state index contributed by atoms with van der Waals surface area (Å²) in [6.45, 7) is 4.43. The lowest BCUT2D eigenvalue weighted by atomic mass is 10.0. The molecule has 2 N–H and O–H groups in total. The van der Waals surface area contributed by atoms with E-state index in [1.54, 1.807) is 0 Å². The van der Waals surface area contributed by atoms with Crippen LogP contribution in [-0.2, 0) is 14.2 Å². The number of hydrogen-bond acceptors (Lipinski definition) is 7. The minimum Gasteiger partial charge on any atom is -0.479 e. The van der Waals surface area contributed by atoms with E-state index >= 15 is 0 Å². The predicted octanol–water partition coefficient (Wildman–Crippen LogP) is 11.1. The summed E-state index contributed by atoms with van der Waals surface area (Å²) in [7, 11) is 0. The van der Waals surface area contributed by atoms with Crippen molar-refractivity contribution in [2.75, 3.05) is 13.2 Å². The second-order valence-electron chi connectivity index (χ2n) is 13.5. The third kappa shape index (κ3) is 23.6. The van der Waals surface area contributed by atoms with Crippen LogP contribution in [0.1, 0.15) is 194 Å². The average Bonchev–Trinajstić information content (AvgIpc) is 3.39. The molecule has 0 radical (unpaired) electrons. The Morgan fingerprint density at radius 2 is 0.956 bits per heavy atom. The zero-order chi connectivity index (χ0) is 32.8. The van der Waals surface area contributed by atoms with Gasteiger partial charge in [0.25, 0.3) is 0 Å². The molecule has 1 aliphatic heterocycles. The summed E-state index contributed by atoms with van der Waals surface area (Å²) in [6.07, 6.45) is 32.7. The Kier molecular flexibility index (Phi) is 29.4. The van der Waals surface area contributed by atoms with Crippen LogP contribution in [0.4, 0.5) is 0 Å². The number of thiocarbonyl (C=S) groups is 2. The second kappa shape index (κ2) is 31.0. The summed E-state index contributed by atoms with van der Waals surface area (Å²) in [4.78, 5) is 0. The van der Waals surface area contributed by atoms with Gasteiger partial charge in [-0.05, 0) is 37.3 Å². The van der Waals surface area contributed by atoms with E-state index in [0.29, 0.717) is 22.9 Å². The van der Waals surface area contributed by atoms with E-state index in [9.17, 15) is 10.2 Å². The third-order valence-corrected chi connectivity index (χ3v) is 9.83. The van der Waals surface area contributed by atoms with Crippen LogP contribution < -0.4 is 0 Å². The lowest BCUT2D eigenvalue weighted by Gasteiger charge is -2.28. The number of aliphatic hydroxyl groups is 2. The van der Waals surface area contributed by atoms with Crippen molar-refractivity contribution in [2.45, 2.75) is 218 Å². The summed E-state index contributed by atoms with van der Waals surface area (Å²) in [6, 6.07) is 0. The van der Waals surface area contributed by atoms with Gasteiger partial charge in [-0.15, -0.1) is 0 Å². The summed E-state index contributed by atoms with van der Waals surface area (Å²) in [5.74, 6) is 0. The zero-order valence-corrected chi connectivity index (χ0v) is 31.1. The van der Waals surface area contributed by atoms with Gasteiger partial charge >= 0.3 is 0 Å². The van der Waals surface area contributed by atoms with Crippen LogP contribution in [0, 0.1) is 0 Å². The lowest BCUT2D eigenvalue weighted by molar-refractivity contribution is -0.0577. The van der Waals surface area contributed by atoms with Gasteiger partial charge in [-0.1, -0.05) is 168 Å². The second-order valence-corrected chi connectivity index (χ2v) is 14.4. The van der Waals surface area contributed by atoms with Crippen molar-refractivity contribution in [2.24, 2.45) is 0 Å². The molecule has 0 aromatic heterocycles. The Morgan fingerprint density at radius 3 is 1.33 bits per heavy atom. The van der Waals surface area contributed by atoms with Gasteiger partial charge in [-0.25, -0.2) is 0 Å². The molecular weight excluding hydrogens is 601 g/mol. The third-order valence-electron chi connectivity index (χ3n) is 9.23. The highest BCUT2D eigenvalue weighted by Gasteiger charge is 2.44. The molecule has 0 amide bonds. The Hall–Kier alpha value is -0.340. The Bertz CT molecular complexity index is 691. The lowest BCUT2D eigenvalue weighted by Crippen LogP contribution is -2.45. The molecule has 0 spiro atoms. The van der Waals surface area contributed by atoms with E-state index in [1.165, 1.54) is 141 Å². The monoisotopic (exact) mass is 672 g/mol. The fourth-order valence-electron chi connectivity index (χ4n) is 6.30. The molecule has 1 rings (SSSR count). The van der Waals surface area contributed by atoms with Gasteiger partial charge in [0.15, 0.2) is 22.3 Å². The van der Waals surface area contributed by atoms with Crippen molar-refractivity contribution in [3.63, 3.8) is 0 Å². The first kappa shape index (κ1) is 42.7. The molecule has 0 aromatic rings. The highest BCUT2D eigenvalue weighted by molar-refractivity contribution is 7.80.